The molecule has 10 heteroatoms. The van der Waals surface area contributed by atoms with Crippen LogP contribution in [0.4, 0.5) is 20.2 Å². The van der Waals surface area contributed by atoms with Crippen LogP contribution in [0.3, 0.4) is 0 Å². The number of hydrogen-bond donors (Lipinski definition) is 2. The molecule has 8 nitrogen and oxygen atoms in total. The van der Waals surface area contributed by atoms with E-state index in [1.54, 1.807) is 26.0 Å². The van der Waals surface area contributed by atoms with Crippen LogP contribution in [0.15, 0.2) is 60.7 Å². The number of aromatic nitrogens is 4. The highest BCUT2D eigenvalue weighted by atomic mass is 19.1. The molecule has 4 aromatic rings. The molecule has 0 saturated carbocycles. The van der Waals surface area contributed by atoms with Crippen LogP contribution in [0.25, 0.3) is 5.69 Å². The van der Waals surface area contributed by atoms with Crippen molar-refractivity contribution in [1.29, 1.82) is 0 Å². The van der Waals surface area contributed by atoms with Gasteiger partial charge >= 0.3 is 0 Å². The first-order valence-corrected chi connectivity index (χ1v) is 9.86. The minimum Gasteiger partial charge on any atom is -0.322 e. The molecule has 0 bridgehead atoms. The van der Waals surface area contributed by atoms with Crippen LogP contribution in [0.2, 0.25) is 0 Å². The van der Waals surface area contributed by atoms with Crippen molar-refractivity contribution < 1.29 is 18.4 Å². The number of amides is 2. The second-order valence-electron chi connectivity index (χ2n) is 7.22. The van der Waals surface area contributed by atoms with E-state index >= 15 is 0 Å². The van der Waals surface area contributed by atoms with E-state index in [1.807, 2.05) is 0 Å². The van der Waals surface area contributed by atoms with E-state index in [-0.39, 0.29) is 16.8 Å². The number of anilines is 2. The predicted molar refractivity (Wildman–Crippen MR) is 117 cm³/mol. The molecule has 1 aromatic heterocycles. The molecule has 0 unspecified atom stereocenters. The summed E-state index contributed by atoms with van der Waals surface area (Å²) in [5.74, 6) is -2.05. The zero-order valence-corrected chi connectivity index (χ0v) is 17.6. The number of tetrazole rings is 1. The van der Waals surface area contributed by atoms with Gasteiger partial charge in [0.15, 0.2) is 5.82 Å². The third kappa shape index (κ3) is 4.59. The highest BCUT2D eigenvalue weighted by Gasteiger charge is 2.16. The lowest BCUT2D eigenvalue weighted by Gasteiger charge is -2.12. The topological polar surface area (TPSA) is 102 Å². The smallest absolute Gasteiger partial charge is 0.258 e. The Labute approximate surface area is 187 Å². The SMILES string of the molecule is Cc1ccc(C(=O)Nc2cc(-n3nnnc3C)ccc2F)cc1NC(=O)c1ccccc1F. The van der Waals surface area contributed by atoms with Gasteiger partial charge in [-0.3, -0.25) is 9.59 Å². The number of nitrogens with one attached hydrogen (secondary N) is 2. The monoisotopic (exact) mass is 448 g/mol. The number of halogens is 2. The zero-order valence-electron chi connectivity index (χ0n) is 17.6. The Kier molecular flexibility index (Phi) is 5.90. The molecular weight excluding hydrogens is 430 g/mol. The van der Waals surface area contributed by atoms with Gasteiger partial charge in [-0.2, -0.15) is 4.68 Å². The first-order chi connectivity index (χ1) is 15.8. The molecule has 0 radical (unpaired) electrons. The van der Waals surface area contributed by atoms with E-state index in [4.69, 9.17) is 0 Å². The fraction of sp³-hybridized carbons (Fsp3) is 0.0870. The molecule has 2 N–H and O–H groups in total. The molecule has 0 spiro atoms. The molecule has 0 aliphatic heterocycles. The van der Waals surface area contributed by atoms with Crippen LogP contribution < -0.4 is 10.6 Å². The summed E-state index contributed by atoms with van der Waals surface area (Å²) in [6, 6.07) is 14.3. The fourth-order valence-electron chi connectivity index (χ4n) is 3.14. The molecular formula is C23H18F2N6O2. The molecule has 0 aliphatic rings. The third-order valence-electron chi connectivity index (χ3n) is 4.93. The van der Waals surface area contributed by atoms with E-state index in [0.29, 0.717) is 22.8 Å². The van der Waals surface area contributed by atoms with Gasteiger partial charge in [0, 0.05) is 11.3 Å². The van der Waals surface area contributed by atoms with Gasteiger partial charge in [-0.05, 0) is 72.3 Å². The van der Waals surface area contributed by atoms with Gasteiger partial charge in [-0.25, -0.2) is 8.78 Å². The molecule has 0 atom stereocenters. The van der Waals surface area contributed by atoms with Crippen molar-refractivity contribution in [3.05, 3.63) is 94.8 Å². The van der Waals surface area contributed by atoms with E-state index in [2.05, 4.69) is 26.2 Å². The van der Waals surface area contributed by atoms with Crippen LogP contribution in [-0.2, 0) is 0 Å². The van der Waals surface area contributed by atoms with Crippen molar-refractivity contribution in [3.8, 4) is 5.69 Å². The third-order valence-corrected chi connectivity index (χ3v) is 4.93. The van der Waals surface area contributed by atoms with Gasteiger partial charge in [0.2, 0.25) is 0 Å². The van der Waals surface area contributed by atoms with Crippen LogP contribution in [0.5, 0.6) is 0 Å². The van der Waals surface area contributed by atoms with Gasteiger partial charge in [-0.15, -0.1) is 5.10 Å². The lowest BCUT2D eigenvalue weighted by atomic mass is 10.1. The number of benzene rings is 3. The van der Waals surface area contributed by atoms with Crippen molar-refractivity contribution >= 4 is 23.2 Å². The summed E-state index contributed by atoms with van der Waals surface area (Å²) in [5.41, 5.74) is 1.45. The minimum absolute atomic E-state index is 0.0649. The summed E-state index contributed by atoms with van der Waals surface area (Å²) in [7, 11) is 0. The number of aryl methyl sites for hydroxylation is 2. The summed E-state index contributed by atoms with van der Waals surface area (Å²) >= 11 is 0. The van der Waals surface area contributed by atoms with Gasteiger partial charge < -0.3 is 10.6 Å². The summed E-state index contributed by atoms with van der Waals surface area (Å²) in [6.07, 6.45) is 0. The van der Waals surface area contributed by atoms with Crippen LogP contribution in [-0.4, -0.2) is 32.0 Å². The number of carbonyl (C=O) groups is 2. The average molecular weight is 448 g/mol. The van der Waals surface area contributed by atoms with E-state index in [9.17, 15) is 18.4 Å². The maximum Gasteiger partial charge on any atom is 0.258 e. The number of hydrogen-bond acceptors (Lipinski definition) is 5. The van der Waals surface area contributed by atoms with Crippen molar-refractivity contribution in [2.24, 2.45) is 0 Å². The first kappa shape index (κ1) is 21.8. The highest BCUT2D eigenvalue weighted by Crippen LogP contribution is 2.22. The molecule has 3 aromatic carbocycles. The highest BCUT2D eigenvalue weighted by molar-refractivity contribution is 6.08. The molecule has 4 rings (SSSR count). The van der Waals surface area contributed by atoms with Crippen LogP contribution in [0, 0.1) is 25.5 Å². The molecule has 166 valence electrons. The van der Waals surface area contributed by atoms with Crippen molar-refractivity contribution in [1.82, 2.24) is 20.2 Å². The lowest BCUT2D eigenvalue weighted by Crippen LogP contribution is -2.17. The minimum atomic E-state index is -0.658. The Bertz CT molecular complexity index is 1370. The molecule has 0 fully saturated rings. The van der Waals surface area contributed by atoms with Crippen molar-refractivity contribution in [2.75, 3.05) is 10.6 Å². The van der Waals surface area contributed by atoms with E-state index in [1.165, 1.54) is 53.2 Å². The molecule has 0 saturated heterocycles. The molecule has 1 heterocycles. The number of rotatable bonds is 5. The Hall–Kier alpha value is -4.47. The maximum absolute atomic E-state index is 14.4. The summed E-state index contributed by atoms with van der Waals surface area (Å²) in [4.78, 5) is 25.3. The van der Waals surface area contributed by atoms with Gasteiger partial charge in [0.05, 0.1) is 16.9 Å². The number of nitrogens with zero attached hydrogens (tertiary/aromatic N) is 4. The molecule has 2 amide bonds. The zero-order chi connectivity index (χ0) is 23.5. The van der Waals surface area contributed by atoms with Gasteiger partial charge in [-0.1, -0.05) is 18.2 Å². The Balaban J connectivity index is 1.57. The molecule has 33 heavy (non-hydrogen) atoms. The van der Waals surface area contributed by atoms with E-state index < -0.39 is 23.4 Å². The van der Waals surface area contributed by atoms with E-state index in [0.717, 1.165) is 0 Å². The van der Waals surface area contributed by atoms with Crippen molar-refractivity contribution in [2.45, 2.75) is 13.8 Å². The summed E-state index contributed by atoms with van der Waals surface area (Å²) < 4.78 is 29.7. The number of carbonyl (C=O) groups excluding carboxylic acids is 2. The summed E-state index contributed by atoms with van der Waals surface area (Å²) in [6.45, 7) is 3.42. The van der Waals surface area contributed by atoms with Gasteiger partial charge in [0.1, 0.15) is 11.6 Å². The average Bonchev–Trinajstić information content (AvgIpc) is 3.22. The Morgan fingerprint density at radius 2 is 1.61 bits per heavy atom. The summed E-state index contributed by atoms with van der Waals surface area (Å²) in [5, 5.41) is 16.3. The fourth-order valence-corrected chi connectivity index (χ4v) is 3.14. The standard InChI is InChI=1S/C23H18F2N6O2/c1-13-7-8-15(11-20(13)26-23(33)17-5-3-4-6-18(17)24)22(32)27-21-12-16(9-10-19(21)25)31-14(2)28-29-30-31/h3-12H,1-2H3,(H,26,33)(H,27,32). The maximum atomic E-state index is 14.4. The van der Waals surface area contributed by atoms with Crippen LogP contribution >= 0.6 is 0 Å². The second kappa shape index (κ2) is 8.95. The van der Waals surface area contributed by atoms with Gasteiger partial charge in [0.25, 0.3) is 11.8 Å². The normalized spacial score (nSPS) is 10.7. The largest absolute Gasteiger partial charge is 0.322 e. The first-order valence-electron chi connectivity index (χ1n) is 9.86. The van der Waals surface area contributed by atoms with Crippen LogP contribution in [0.1, 0.15) is 32.1 Å². The lowest BCUT2D eigenvalue weighted by molar-refractivity contribution is 0.101. The Morgan fingerprint density at radius 3 is 2.33 bits per heavy atom. The van der Waals surface area contributed by atoms with Crippen molar-refractivity contribution in [3.63, 3.8) is 0 Å². The second-order valence-corrected chi connectivity index (χ2v) is 7.22. The Morgan fingerprint density at radius 1 is 0.848 bits per heavy atom. The quantitative estimate of drug-likeness (QED) is 0.479. The molecule has 0 aliphatic carbocycles. The predicted octanol–water partition coefficient (Wildman–Crippen LogP) is 4.06.